The van der Waals surface area contributed by atoms with Crippen LogP contribution in [0.2, 0.25) is 0 Å². The predicted molar refractivity (Wildman–Crippen MR) is 139 cm³/mol. The van der Waals surface area contributed by atoms with Crippen molar-refractivity contribution >= 4 is 5.97 Å². The Labute approximate surface area is 208 Å². The van der Waals surface area contributed by atoms with Crippen LogP contribution in [0.4, 0.5) is 0 Å². The fourth-order valence-electron chi connectivity index (χ4n) is 10.3. The minimum absolute atomic E-state index is 0.0252. The Morgan fingerprint density at radius 3 is 2.62 bits per heavy atom. The summed E-state index contributed by atoms with van der Waals surface area (Å²) in [5.41, 5.74) is 2.73. The molecule has 0 aromatic heterocycles. The smallest absolute Gasteiger partial charge is 0.306 e. The van der Waals surface area contributed by atoms with Gasteiger partial charge in [0.05, 0.1) is 0 Å². The minimum Gasteiger partial charge on any atom is -0.461 e. The van der Waals surface area contributed by atoms with Crippen LogP contribution in [0.1, 0.15) is 116 Å². The minimum atomic E-state index is -0.0252. The molecule has 4 aliphatic carbocycles. The van der Waals surface area contributed by atoms with Gasteiger partial charge in [0.25, 0.3) is 0 Å². The standard InChI is InChI=1S/C32H48O2/c1-4-25-22-32(31(3)20-9-8-15-27(25)31)21-11-19-30(2)26(17-18-28(30)32)14-10-16-29(33)34-23-24-12-6-5-7-13-24/h5-7,12-13,25-28H,4,8-11,14-23H2,1-3H3/t25-,26?,27?,28?,30?,31?,32?/m0/s1. The van der Waals surface area contributed by atoms with Crippen LogP contribution < -0.4 is 0 Å². The first-order chi connectivity index (χ1) is 16.4. The van der Waals surface area contributed by atoms with Crippen LogP contribution >= 0.6 is 0 Å². The SMILES string of the molecule is CC[C@H]1CC2(CCCC3(C)C(CCCC(=O)OCc4ccccc4)CCC32)C2(C)CCCCC12. The maximum absolute atomic E-state index is 12.4. The Balaban J connectivity index is 1.23. The van der Waals surface area contributed by atoms with Gasteiger partial charge in [-0.25, -0.2) is 0 Å². The third-order valence-electron chi connectivity index (χ3n) is 11.9. The molecule has 5 rings (SSSR count). The first-order valence-corrected chi connectivity index (χ1v) is 14.6. The molecule has 34 heavy (non-hydrogen) atoms. The molecular weight excluding hydrogens is 416 g/mol. The molecule has 1 aromatic carbocycles. The van der Waals surface area contributed by atoms with Crippen molar-refractivity contribution in [2.75, 3.05) is 0 Å². The van der Waals surface area contributed by atoms with Crippen LogP contribution in [0.5, 0.6) is 0 Å². The average molecular weight is 465 g/mol. The summed E-state index contributed by atoms with van der Waals surface area (Å²) in [6, 6.07) is 10.0. The van der Waals surface area contributed by atoms with E-state index in [1.807, 2.05) is 30.3 Å². The number of esters is 1. The summed E-state index contributed by atoms with van der Waals surface area (Å²) in [7, 11) is 0. The van der Waals surface area contributed by atoms with Crippen molar-refractivity contribution in [1.29, 1.82) is 0 Å². The van der Waals surface area contributed by atoms with Crippen molar-refractivity contribution in [3.63, 3.8) is 0 Å². The average Bonchev–Trinajstić information content (AvgIpc) is 3.31. The van der Waals surface area contributed by atoms with Crippen molar-refractivity contribution in [1.82, 2.24) is 0 Å². The molecule has 4 saturated carbocycles. The zero-order valence-corrected chi connectivity index (χ0v) is 22.1. The molecule has 0 aliphatic heterocycles. The lowest BCUT2D eigenvalue weighted by atomic mass is 9.45. The van der Waals surface area contributed by atoms with Gasteiger partial charge >= 0.3 is 5.97 Å². The van der Waals surface area contributed by atoms with Gasteiger partial charge in [-0.05, 0) is 103 Å². The van der Waals surface area contributed by atoms with Gasteiger partial charge < -0.3 is 4.74 Å². The Morgan fingerprint density at radius 2 is 1.82 bits per heavy atom. The first-order valence-electron chi connectivity index (χ1n) is 14.6. The molecule has 0 heterocycles. The summed E-state index contributed by atoms with van der Waals surface area (Å²) < 4.78 is 5.56. The van der Waals surface area contributed by atoms with Crippen molar-refractivity contribution in [3.05, 3.63) is 35.9 Å². The van der Waals surface area contributed by atoms with Gasteiger partial charge in [-0.15, -0.1) is 0 Å². The summed E-state index contributed by atoms with van der Waals surface area (Å²) in [5, 5.41) is 0. The molecule has 188 valence electrons. The third-order valence-corrected chi connectivity index (χ3v) is 11.9. The molecule has 0 radical (unpaired) electrons. The van der Waals surface area contributed by atoms with Gasteiger partial charge in [0.1, 0.15) is 6.61 Å². The lowest BCUT2D eigenvalue weighted by molar-refractivity contribution is -0.145. The fraction of sp³-hybridized carbons (Fsp3) is 0.781. The van der Waals surface area contributed by atoms with Gasteiger partial charge in [0.15, 0.2) is 0 Å². The van der Waals surface area contributed by atoms with Crippen LogP contribution in [-0.2, 0) is 16.1 Å². The molecule has 1 aromatic rings. The second-order valence-corrected chi connectivity index (χ2v) is 13.0. The van der Waals surface area contributed by atoms with E-state index in [9.17, 15) is 4.79 Å². The number of carbonyl (C=O) groups is 1. The highest BCUT2D eigenvalue weighted by Crippen LogP contribution is 2.76. The topological polar surface area (TPSA) is 26.3 Å². The molecule has 2 heteroatoms. The summed E-state index contributed by atoms with van der Waals surface area (Å²) in [5.74, 6) is 3.62. The molecule has 1 spiro atoms. The summed E-state index contributed by atoms with van der Waals surface area (Å²) in [4.78, 5) is 12.4. The van der Waals surface area contributed by atoms with Crippen molar-refractivity contribution in [2.24, 2.45) is 39.9 Å². The van der Waals surface area contributed by atoms with Crippen LogP contribution in [-0.4, -0.2) is 5.97 Å². The van der Waals surface area contributed by atoms with E-state index in [4.69, 9.17) is 4.74 Å². The summed E-state index contributed by atoms with van der Waals surface area (Å²) in [6.07, 6.45) is 18.8. The Kier molecular flexibility index (Phi) is 6.90. The Bertz CT molecular complexity index is 848. The second-order valence-electron chi connectivity index (χ2n) is 13.0. The Morgan fingerprint density at radius 1 is 1.00 bits per heavy atom. The van der Waals surface area contributed by atoms with Gasteiger partial charge in [-0.2, -0.15) is 0 Å². The quantitative estimate of drug-likeness (QED) is 0.377. The van der Waals surface area contributed by atoms with E-state index in [0.717, 1.165) is 35.7 Å². The zero-order chi connectivity index (χ0) is 23.8. The number of fused-ring (bicyclic) bond motifs is 4. The summed E-state index contributed by atoms with van der Waals surface area (Å²) >= 11 is 0. The van der Waals surface area contributed by atoms with Crippen molar-refractivity contribution in [3.8, 4) is 0 Å². The number of hydrogen-bond acceptors (Lipinski definition) is 2. The Hall–Kier alpha value is -1.31. The van der Waals surface area contributed by atoms with E-state index in [1.54, 1.807) is 0 Å². The van der Waals surface area contributed by atoms with Crippen LogP contribution in [0.25, 0.3) is 0 Å². The van der Waals surface area contributed by atoms with Gasteiger partial charge in [0, 0.05) is 6.42 Å². The molecule has 0 bridgehead atoms. The molecule has 7 atom stereocenters. The van der Waals surface area contributed by atoms with Crippen LogP contribution in [0, 0.1) is 39.9 Å². The maximum atomic E-state index is 12.4. The van der Waals surface area contributed by atoms with Crippen LogP contribution in [0.3, 0.4) is 0 Å². The lowest BCUT2D eigenvalue weighted by Gasteiger charge is -2.60. The van der Waals surface area contributed by atoms with Crippen LogP contribution in [0.15, 0.2) is 30.3 Å². The molecular formula is C32H48O2. The maximum Gasteiger partial charge on any atom is 0.306 e. The number of rotatable bonds is 7. The van der Waals surface area contributed by atoms with E-state index in [-0.39, 0.29) is 5.97 Å². The van der Waals surface area contributed by atoms with E-state index >= 15 is 0 Å². The highest BCUT2D eigenvalue weighted by Gasteiger charge is 2.68. The zero-order valence-electron chi connectivity index (χ0n) is 22.1. The molecule has 4 fully saturated rings. The van der Waals surface area contributed by atoms with E-state index < -0.39 is 0 Å². The monoisotopic (exact) mass is 464 g/mol. The number of hydrogen-bond donors (Lipinski definition) is 0. The molecule has 6 unspecified atom stereocenters. The highest BCUT2D eigenvalue weighted by molar-refractivity contribution is 5.69. The lowest BCUT2D eigenvalue weighted by Crippen LogP contribution is -2.52. The molecule has 2 nitrogen and oxygen atoms in total. The number of ether oxygens (including phenoxy) is 1. The van der Waals surface area contributed by atoms with E-state index in [2.05, 4.69) is 20.8 Å². The molecule has 0 N–H and O–H groups in total. The van der Waals surface area contributed by atoms with Gasteiger partial charge in [-0.1, -0.05) is 76.8 Å². The van der Waals surface area contributed by atoms with Crippen molar-refractivity contribution < 1.29 is 9.53 Å². The molecule has 0 saturated heterocycles. The van der Waals surface area contributed by atoms with Gasteiger partial charge in [0.2, 0.25) is 0 Å². The first kappa shape index (κ1) is 24.4. The van der Waals surface area contributed by atoms with E-state index in [1.165, 1.54) is 77.0 Å². The second kappa shape index (κ2) is 9.62. The highest BCUT2D eigenvalue weighted by atomic mass is 16.5. The largest absolute Gasteiger partial charge is 0.461 e. The fourth-order valence-corrected chi connectivity index (χ4v) is 10.3. The normalized spacial score (nSPS) is 41.3. The predicted octanol–water partition coefficient (Wildman–Crippen LogP) is 8.73. The summed E-state index contributed by atoms with van der Waals surface area (Å²) in [6.45, 7) is 8.29. The third kappa shape index (κ3) is 3.96. The number of benzene rings is 1. The van der Waals surface area contributed by atoms with Crippen molar-refractivity contribution in [2.45, 2.75) is 117 Å². The van der Waals surface area contributed by atoms with Gasteiger partial charge in [-0.3, -0.25) is 4.79 Å². The molecule has 4 aliphatic rings. The van der Waals surface area contributed by atoms with E-state index in [0.29, 0.717) is 29.3 Å². The molecule has 0 amide bonds. The number of carbonyl (C=O) groups excluding carboxylic acids is 1.